The maximum absolute atomic E-state index is 5.43. The predicted molar refractivity (Wildman–Crippen MR) is 82.6 cm³/mol. The van der Waals surface area contributed by atoms with E-state index in [0.717, 1.165) is 13.2 Å². The molecule has 0 bridgehead atoms. The molecule has 0 aliphatic carbocycles. The molecule has 1 fully saturated rings. The predicted octanol–water partition coefficient (Wildman–Crippen LogP) is 2.90. The molecule has 0 aromatic heterocycles. The maximum Gasteiger partial charge on any atom is 0.0630 e. The molecule has 0 amide bonds. The average molecular weight is 270 g/mol. The van der Waals surface area contributed by atoms with Crippen LogP contribution < -0.4 is 5.32 Å². The second-order valence-electron chi connectivity index (χ2n) is 7.79. The van der Waals surface area contributed by atoms with E-state index in [1.807, 2.05) is 7.11 Å². The van der Waals surface area contributed by atoms with Gasteiger partial charge in [0.2, 0.25) is 0 Å². The van der Waals surface area contributed by atoms with E-state index in [-0.39, 0.29) is 5.54 Å². The Morgan fingerprint density at radius 1 is 1.21 bits per heavy atom. The Kier molecular flexibility index (Phi) is 6.28. The van der Waals surface area contributed by atoms with Gasteiger partial charge in [-0.25, -0.2) is 0 Å². The van der Waals surface area contributed by atoms with E-state index in [1.54, 1.807) is 0 Å². The Morgan fingerprint density at radius 2 is 1.89 bits per heavy atom. The molecule has 1 unspecified atom stereocenters. The minimum atomic E-state index is 0.178. The Morgan fingerprint density at radius 3 is 2.47 bits per heavy atom. The van der Waals surface area contributed by atoms with Crippen molar-refractivity contribution < 1.29 is 4.74 Å². The van der Waals surface area contributed by atoms with E-state index in [4.69, 9.17) is 4.74 Å². The molecule has 0 spiro atoms. The van der Waals surface area contributed by atoms with Crippen molar-refractivity contribution in [2.24, 2.45) is 5.41 Å². The highest BCUT2D eigenvalue weighted by Gasteiger charge is 2.27. The van der Waals surface area contributed by atoms with E-state index in [1.165, 1.54) is 32.4 Å². The van der Waals surface area contributed by atoms with Gasteiger partial charge in [0.15, 0.2) is 0 Å². The van der Waals surface area contributed by atoms with E-state index in [9.17, 15) is 0 Å². The lowest BCUT2D eigenvalue weighted by Gasteiger charge is -2.33. The summed E-state index contributed by atoms with van der Waals surface area (Å²) in [5.74, 6) is 0. The number of rotatable bonds is 5. The summed E-state index contributed by atoms with van der Waals surface area (Å²) in [7, 11) is 1.81. The van der Waals surface area contributed by atoms with Crippen molar-refractivity contribution in [3.05, 3.63) is 0 Å². The molecule has 114 valence electrons. The van der Waals surface area contributed by atoms with Crippen molar-refractivity contribution in [2.45, 2.75) is 65.5 Å². The van der Waals surface area contributed by atoms with E-state index < -0.39 is 0 Å². The standard InChI is InChI=1S/C16H34N2O/c1-15(2,3)17-12-14(13-19-6)18-10-7-8-16(4,5)9-11-18/h14,17H,7-13H2,1-6H3. The third-order valence-corrected chi connectivity index (χ3v) is 4.12. The second-order valence-corrected chi connectivity index (χ2v) is 7.79. The van der Waals surface area contributed by atoms with Crippen LogP contribution in [0.5, 0.6) is 0 Å². The summed E-state index contributed by atoms with van der Waals surface area (Å²) in [6.07, 6.45) is 3.95. The summed E-state index contributed by atoms with van der Waals surface area (Å²) >= 11 is 0. The van der Waals surface area contributed by atoms with Crippen LogP contribution in [0.4, 0.5) is 0 Å². The number of nitrogens with zero attached hydrogens (tertiary/aromatic N) is 1. The highest BCUT2D eigenvalue weighted by molar-refractivity contribution is 4.83. The molecule has 0 radical (unpaired) electrons. The van der Waals surface area contributed by atoms with Gasteiger partial charge in [0.25, 0.3) is 0 Å². The fourth-order valence-corrected chi connectivity index (χ4v) is 2.72. The molecule has 1 aliphatic rings. The van der Waals surface area contributed by atoms with Gasteiger partial charge < -0.3 is 10.1 Å². The number of ether oxygens (including phenoxy) is 1. The fraction of sp³-hybridized carbons (Fsp3) is 1.00. The summed E-state index contributed by atoms with van der Waals surface area (Å²) < 4.78 is 5.43. The molecule has 1 N–H and O–H groups in total. The molecule has 1 aliphatic heterocycles. The zero-order valence-corrected chi connectivity index (χ0v) is 13.9. The average Bonchev–Trinajstić information content (AvgIpc) is 2.44. The number of nitrogens with one attached hydrogen (secondary N) is 1. The van der Waals surface area contributed by atoms with Gasteiger partial charge in [-0.15, -0.1) is 0 Å². The summed E-state index contributed by atoms with van der Waals surface area (Å²) in [5.41, 5.74) is 0.681. The molecule has 1 rings (SSSR count). The van der Waals surface area contributed by atoms with Crippen LogP contribution in [0.2, 0.25) is 0 Å². The molecule has 0 aromatic carbocycles. The molecule has 0 aromatic rings. The van der Waals surface area contributed by atoms with Crippen molar-refractivity contribution in [2.75, 3.05) is 33.4 Å². The SMILES string of the molecule is COCC(CNC(C)(C)C)N1CCCC(C)(C)CC1. The van der Waals surface area contributed by atoms with Gasteiger partial charge in [-0.2, -0.15) is 0 Å². The van der Waals surface area contributed by atoms with Crippen LogP contribution in [0.3, 0.4) is 0 Å². The van der Waals surface area contributed by atoms with Crippen LogP contribution in [0, 0.1) is 5.41 Å². The quantitative estimate of drug-likeness (QED) is 0.831. The number of methoxy groups -OCH3 is 1. The summed E-state index contributed by atoms with van der Waals surface area (Å²) in [6.45, 7) is 15.7. The minimum Gasteiger partial charge on any atom is -0.383 e. The molecule has 19 heavy (non-hydrogen) atoms. The van der Waals surface area contributed by atoms with Crippen molar-refractivity contribution in [1.82, 2.24) is 10.2 Å². The van der Waals surface area contributed by atoms with Crippen molar-refractivity contribution in [3.8, 4) is 0 Å². The van der Waals surface area contributed by atoms with E-state index >= 15 is 0 Å². The van der Waals surface area contributed by atoms with Crippen molar-refractivity contribution in [1.29, 1.82) is 0 Å². The largest absolute Gasteiger partial charge is 0.383 e. The van der Waals surface area contributed by atoms with Gasteiger partial charge in [-0.3, -0.25) is 4.90 Å². The Labute approximate surface area is 120 Å². The zero-order valence-electron chi connectivity index (χ0n) is 13.9. The lowest BCUT2D eigenvalue weighted by molar-refractivity contribution is 0.0854. The molecule has 1 atom stereocenters. The summed E-state index contributed by atoms with van der Waals surface area (Å²) in [4.78, 5) is 2.62. The molecule has 1 heterocycles. The van der Waals surface area contributed by atoms with E-state index in [2.05, 4.69) is 44.8 Å². The maximum atomic E-state index is 5.43. The van der Waals surface area contributed by atoms with Gasteiger partial charge in [0.1, 0.15) is 0 Å². The first kappa shape index (κ1) is 16.9. The summed E-state index contributed by atoms with van der Waals surface area (Å²) in [6, 6.07) is 0.498. The van der Waals surface area contributed by atoms with Crippen LogP contribution in [-0.4, -0.2) is 49.8 Å². The number of likely N-dealkylation sites (tertiary alicyclic amines) is 1. The Hall–Kier alpha value is -0.120. The normalized spacial score (nSPS) is 23.1. The minimum absolute atomic E-state index is 0.178. The first-order valence-corrected chi connectivity index (χ1v) is 7.71. The topological polar surface area (TPSA) is 24.5 Å². The summed E-state index contributed by atoms with van der Waals surface area (Å²) in [5, 5.41) is 3.62. The molecule has 3 heteroatoms. The van der Waals surface area contributed by atoms with Crippen LogP contribution in [0.1, 0.15) is 53.9 Å². The molecule has 0 saturated carbocycles. The van der Waals surface area contributed by atoms with Crippen molar-refractivity contribution >= 4 is 0 Å². The second kappa shape index (κ2) is 7.05. The number of hydrogen-bond acceptors (Lipinski definition) is 3. The molecular formula is C16H34N2O. The van der Waals surface area contributed by atoms with Gasteiger partial charge in [-0.05, 0) is 58.5 Å². The van der Waals surface area contributed by atoms with Crippen LogP contribution in [0.15, 0.2) is 0 Å². The highest BCUT2D eigenvalue weighted by Crippen LogP contribution is 2.30. The van der Waals surface area contributed by atoms with Crippen molar-refractivity contribution in [3.63, 3.8) is 0 Å². The van der Waals surface area contributed by atoms with Gasteiger partial charge in [-0.1, -0.05) is 13.8 Å². The lowest BCUT2D eigenvalue weighted by Crippen LogP contribution is -2.50. The Balaban J connectivity index is 2.55. The van der Waals surface area contributed by atoms with Crippen LogP contribution in [-0.2, 0) is 4.74 Å². The van der Waals surface area contributed by atoms with Gasteiger partial charge >= 0.3 is 0 Å². The monoisotopic (exact) mass is 270 g/mol. The van der Waals surface area contributed by atoms with Gasteiger partial charge in [0, 0.05) is 25.2 Å². The van der Waals surface area contributed by atoms with Gasteiger partial charge in [0.05, 0.1) is 6.61 Å². The third-order valence-electron chi connectivity index (χ3n) is 4.12. The Bertz CT molecular complexity index is 258. The molecule has 3 nitrogen and oxygen atoms in total. The first-order valence-electron chi connectivity index (χ1n) is 7.71. The molecule has 1 saturated heterocycles. The number of hydrogen-bond donors (Lipinski definition) is 1. The smallest absolute Gasteiger partial charge is 0.0630 e. The third kappa shape index (κ3) is 6.73. The lowest BCUT2D eigenvalue weighted by atomic mass is 9.85. The first-order chi connectivity index (χ1) is 8.73. The van der Waals surface area contributed by atoms with Crippen LogP contribution in [0.25, 0.3) is 0 Å². The highest BCUT2D eigenvalue weighted by atomic mass is 16.5. The van der Waals surface area contributed by atoms with Crippen LogP contribution >= 0.6 is 0 Å². The fourth-order valence-electron chi connectivity index (χ4n) is 2.72. The molecular weight excluding hydrogens is 236 g/mol. The zero-order chi connectivity index (χ0) is 14.5. The van der Waals surface area contributed by atoms with E-state index in [0.29, 0.717) is 11.5 Å².